The molecule has 1 saturated heterocycles. The second-order valence-corrected chi connectivity index (χ2v) is 6.29. The largest absolute Gasteiger partial charge is 0.304 e. The first-order valence-electron chi connectivity index (χ1n) is 7.80. The molecular formula is C16H24N6. The van der Waals surface area contributed by atoms with E-state index < -0.39 is 0 Å². The van der Waals surface area contributed by atoms with Crippen molar-refractivity contribution in [1.29, 1.82) is 0 Å². The van der Waals surface area contributed by atoms with Gasteiger partial charge in [-0.25, -0.2) is 9.97 Å². The first-order valence-corrected chi connectivity index (χ1v) is 7.80. The Morgan fingerprint density at radius 1 is 1.36 bits per heavy atom. The van der Waals surface area contributed by atoms with Gasteiger partial charge in [0, 0.05) is 38.1 Å². The van der Waals surface area contributed by atoms with Gasteiger partial charge in [-0.05, 0) is 39.5 Å². The lowest BCUT2D eigenvalue weighted by Crippen LogP contribution is -2.24. The van der Waals surface area contributed by atoms with Crippen molar-refractivity contribution in [2.75, 3.05) is 20.6 Å². The third-order valence-electron chi connectivity index (χ3n) is 4.02. The lowest BCUT2D eigenvalue weighted by atomic mass is 10.2. The molecule has 1 aliphatic rings. The molecule has 2 aromatic rings. The van der Waals surface area contributed by atoms with Crippen LogP contribution in [0.5, 0.6) is 0 Å². The quantitative estimate of drug-likeness (QED) is 0.839. The predicted molar refractivity (Wildman–Crippen MR) is 85.0 cm³/mol. The van der Waals surface area contributed by atoms with E-state index in [1.807, 2.05) is 30.2 Å². The monoisotopic (exact) mass is 300 g/mol. The molecule has 0 bridgehead atoms. The van der Waals surface area contributed by atoms with Gasteiger partial charge in [-0.3, -0.25) is 9.58 Å². The zero-order chi connectivity index (χ0) is 15.5. The molecule has 118 valence electrons. The van der Waals surface area contributed by atoms with Gasteiger partial charge in [-0.1, -0.05) is 0 Å². The Hall–Kier alpha value is -1.79. The summed E-state index contributed by atoms with van der Waals surface area (Å²) in [5.41, 5.74) is 2.34. The van der Waals surface area contributed by atoms with Crippen molar-refractivity contribution in [3.8, 4) is 0 Å². The van der Waals surface area contributed by atoms with E-state index in [0.29, 0.717) is 6.04 Å². The Balaban J connectivity index is 1.75. The molecule has 3 heterocycles. The van der Waals surface area contributed by atoms with Crippen LogP contribution in [0, 0.1) is 0 Å². The van der Waals surface area contributed by atoms with Gasteiger partial charge in [0.05, 0.1) is 17.9 Å². The summed E-state index contributed by atoms with van der Waals surface area (Å²) < 4.78 is 1.86. The summed E-state index contributed by atoms with van der Waals surface area (Å²) in [6.07, 6.45) is 8.25. The number of likely N-dealkylation sites (tertiary alicyclic amines) is 1. The number of aryl methyl sites for hydroxylation is 1. The molecule has 0 saturated carbocycles. The fourth-order valence-electron chi connectivity index (χ4n) is 3.08. The lowest BCUT2D eigenvalue weighted by Gasteiger charge is -2.23. The average Bonchev–Trinajstić information content (AvgIpc) is 3.08. The topological polar surface area (TPSA) is 50.1 Å². The number of hydrogen-bond donors (Lipinski definition) is 0. The van der Waals surface area contributed by atoms with Gasteiger partial charge in [0.25, 0.3) is 0 Å². The van der Waals surface area contributed by atoms with Crippen molar-refractivity contribution in [3.05, 3.63) is 41.7 Å². The van der Waals surface area contributed by atoms with E-state index in [1.54, 1.807) is 0 Å². The molecule has 0 spiro atoms. The summed E-state index contributed by atoms with van der Waals surface area (Å²) in [6.45, 7) is 2.87. The number of aromatic nitrogens is 4. The van der Waals surface area contributed by atoms with Crippen molar-refractivity contribution in [2.45, 2.75) is 32.0 Å². The Morgan fingerprint density at radius 3 is 2.95 bits per heavy atom. The summed E-state index contributed by atoms with van der Waals surface area (Å²) in [4.78, 5) is 13.9. The molecule has 22 heavy (non-hydrogen) atoms. The zero-order valence-electron chi connectivity index (χ0n) is 13.6. The standard InChI is InChI=1S/C16H24N6/c1-20(2)12-14-6-7-17-16(19-14)15-5-4-8-22(15)11-13-9-18-21(3)10-13/h6-7,9-10,15H,4-5,8,11-12H2,1-3H3/t15-/m1/s1. The average molecular weight is 300 g/mol. The van der Waals surface area contributed by atoms with E-state index in [9.17, 15) is 0 Å². The number of hydrogen-bond acceptors (Lipinski definition) is 5. The predicted octanol–water partition coefficient (Wildman–Crippen LogP) is 1.61. The van der Waals surface area contributed by atoms with E-state index >= 15 is 0 Å². The molecule has 0 aliphatic carbocycles. The maximum atomic E-state index is 4.78. The maximum absolute atomic E-state index is 4.78. The van der Waals surface area contributed by atoms with E-state index in [2.05, 4.69) is 40.2 Å². The molecule has 0 amide bonds. The molecule has 2 aromatic heterocycles. The van der Waals surface area contributed by atoms with Crippen LogP contribution < -0.4 is 0 Å². The highest BCUT2D eigenvalue weighted by Gasteiger charge is 2.28. The minimum absolute atomic E-state index is 0.322. The van der Waals surface area contributed by atoms with Crippen LogP contribution in [-0.2, 0) is 20.1 Å². The number of rotatable bonds is 5. The molecule has 6 heteroatoms. The Kier molecular flexibility index (Phi) is 4.49. The fourth-order valence-corrected chi connectivity index (χ4v) is 3.08. The zero-order valence-corrected chi connectivity index (χ0v) is 13.6. The minimum atomic E-state index is 0.322. The number of nitrogens with zero attached hydrogens (tertiary/aromatic N) is 6. The molecule has 1 fully saturated rings. The van der Waals surface area contributed by atoms with Crippen LogP contribution in [-0.4, -0.2) is 50.2 Å². The molecule has 0 aromatic carbocycles. The van der Waals surface area contributed by atoms with Gasteiger partial charge in [-0.15, -0.1) is 0 Å². The second kappa shape index (κ2) is 6.54. The summed E-state index contributed by atoms with van der Waals surface area (Å²) in [6, 6.07) is 2.33. The molecule has 0 N–H and O–H groups in total. The minimum Gasteiger partial charge on any atom is -0.304 e. The Bertz CT molecular complexity index is 621. The second-order valence-electron chi connectivity index (χ2n) is 6.29. The van der Waals surface area contributed by atoms with Gasteiger partial charge in [0.1, 0.15) is 5.82 Å². The van der Waals surface area contributed by atoms with E-state index in [0.717, 1.165) is 37.6 Å². The van der Waals surface area contributed by atoms with Crippen LogP contribution in [0.1, 0.15) is 36.0 Å². The Morgan fingerprint density at radius 2 is 2.23 bits per heavy atom. The first-order chi connectivity index (χ1) is 10.6. The van der Waals surface area contributed by atoms with Crippen molar-refractivity contribution in [3.63, 3.8) is 0 Å². The molecule has 3 rings (SSSR count). The maximum Gasteiger partial charge on any atom is 0.145 e. The van der Waals surface area contributed by atoms with E-state index in [4.69, 9.17) is 4.98 Å². The molecule has 1 atom stereocenters. The van der Waals surface area contributed by atoms with Crippen LogP contribution in [0.4, 0.5) is 0 Å². The van der Waals surface area contributed by atoms with E-state index in [1.165, 1.54) is 12.0 Å². The first kappa shape index (κ1) is 15.1. The van der Waals surface area contributed by atoms with Crippen molar-refractivity contribution >= 4 is 0 Å². The van der Waals surface area contributed by atoms with Crippen LogP contribution in [0.2, 0.25) is 0 Å². The molecule has 1 aliphatic heterocycles. The van der Waals surface area contributed by atoms with Crippen LogP contribution in [0.3, 0.4) is 0 Å². The summed E-state index contributed by atoms with van der Waals surface area (Å²) in [7, 11) is 6.08. The molecule has 0 unspecified atom stereocenters. The summed E-state index contributed by atoms with van der Waals surface area (Å²) in [5, 5.41) is 4.26. The molecule has 0 radical (unpaired) electrons. The normalized spacial score (nSPS) is 19.2. The van der Waals surface area contributed by atoms with Crippen molar-refractivity contribution in [1.82, 2.24) is 29.5 Å². The molecular weight excluding hydrogens is 276 g/mol. The summed E-state index contributed by atoms with van der Waals surface area (Å²) in [5.74, 6) is 0.959. The Labute approximate surface area is 131 Å². The van der Waals surface area contributed by atoms with Gasteiger partial charge in [0.2, 0.25) is 0 Å². The summed E-state index contributed by atoms with van der Waals surface area (Å²) >= 11 is 0. The SMILES string of the molecule is CN(C)Cc1ccnc([C@H]2CCCN2Cc2cnn(C)c2)n1. The smallest absolute Gasteiger partial charge is 0.145 e. The van der Waals surface area contributed by atoms with Crippen LogP contribution in [0.25, 0.3) is 0 Å². The van der Waals surface area contributed by atoms with Gasteiger partial charge >= 0.3 is 0 Å². The highest BCUT2D eigenvalue weighted by molar-refractivity contribution is 5.09. The van der Waals surface area contributed by atoms with Crippen LogP contribution >= 0.6 is 0 Å². The molecule has 6 nitrogen and oxygen atoms in total. The fraction of sp³-hybridized carbons (Fsp3) is 0.562. The van der Waals surface area contributed by atoms with Gasteiger partial charge < -0.3 is 4.90 Å². The van der Waals surface area contributed by atoms with Crippen molar-refractivity contribution in [2.24, 2.45) is 7.05 Å². The highest BCUT2D eigenvalue weighted by Crippen LogP contribution is 2.31. The van der Waals surface area contributed by atoms with Gasteiger partial charge in [-0.2, -0.15) is 5.10 Å². The third kappa shape index (κ3) is 3.51. The van der Waals surface area contributed by atoms with Gasteiger partial charge in [0.15, 0.2) is 0 Å². The van der Waals surface area contributed by atoms with E-state index in [-0.39, 0.29) is 0 Å². The lowest BCUT2D eigenvalue weighted by molar-refractivity contribution is 0.239. The third-order valence-corrected chi connectivity index (χ3v) is 4.02. The van der Waals surface area contributed by atoms with Crippen LogP contribution in [0.15, 0.2) is 24.7 Å². The van der Waals surface area contributed by atoms with Crippen molar-refractivity contribution < 1.29 is 0 Å². The highest BCUT2D eigenvalue weighted by atomic mass is 15.3.